The molecule has 0 N–H and O–H groups in total. The lowest BCUT2D eigenvalue weighted by Crippen LogP contribution is -2.40. The Morgan fingerprint density at radius 3 is 2.10 bits per heavy atom. The molecule has 2 saturated carbocycles. The van der Waals surface area contributed by atoms with E-state index in [9.17, 15) is 9.59 Å². The average Bonchev–Trinajstić information content (AvgIpc) is 3.26. The van der Waals surface area contributed by atoms with Gasteiger partial charge in [-0.05, 0) is 58.2 Å². The van der Waals surface area contributed by atoms with Gasteiger partial charge in [0.25, 0.3) is 0 Å². The second-order valence-corrected chi connectivity index (χ2v) is 7.47. The summed E-state index contributed by atoms with van der Waals surface area (Å²) >= 11 is 3.47. The van der Waals surface area contributed by atoms with E-state index in [1.165, 1.54) is 11.3 Å². The Balaban J connectivity index is 1.62. The van der Waals surface area contributed by atoms with E-state index in [-0.39, 0.29) is 35.5 Å². The van der Waals surface area contributed by atoms with Crippen LogP contribution in [-0.2, 0) is 9.59 Å². The maximum atomic E-state index is 12.9. The van der Waals surface area contributed by atoms with Crippen LogP contribution in [0.15, 0.2) is 40.9 Å². The van der Waals surface area contributed by atoms with Crippen molar-refractivity contribution >= 4 is 33.4 Å². The van der Waals surface area contributed by atoms with Crippen LogP contribution in [0.1, 0.15) is 6.42 Å². The number of amides is 2. The van der Waals surface area contributed by atoms with Crippen molar-refractivity contribution in [3.8, 4) is 0 Å². The molecule has 1 aliphatic heterocycles. The van der Waals surface area contributed by atoms with Crippen molar-refractivity contribution < 1.29 is 9.59 Å². The van der Waals surface area contributed by atoms with Gasteiger partial charge in [-0.2, -0.15) is 0 Å². The molecule has 0 aromatic heterocycles. The van der Waals surface area contributed by atoms with E-state index in [1.54, 1.807) is 0 Å². The second kappa shape index (κ2) is 3.86. The molecule has 6 atom stereocenters. The van der Waals surface area contributed by atoms with Gasteiger partial charge in [0.15, 0.2) is 0 Å². The van der Waals surface area contributed by atoms with Gasteiger partial charge in [0, 0.05) is 4.47 Å². The van der Waals surface area contributed by atoms with Crippen molar-refractivity contribution in [3.63, 3.8) is 0 Å². The first-order chi connectivity index (χ1) is 10.2. The van der Waals surface area contributed by atoms with Crippen molar-refractivity contribution in [2.24, 2.45) is 35.5 Å². The zero-order chi connectivity index (χ0) is 14.3. The molecule has 6 rings (SSSR count). The number of imide groups is 1. The number of hydrogen-bond donors (Lipinski definition) is 0. The van der Waals surface area contributed by atoms with Gasteiger partial charge in [-0.3, -0.25) is 9.59 Å². The lowest BCUT2D eigenvalue weighted by atomic mass is 9.63. The van der Waals surface area contributed by atoms with Gasteiger partial charge in [0.2, 0.25) is 11.8 Å². The summed E-state index contributed by atoms with van der Waals surface area (Å²) in [5.41, 5.74) is 0.690. The number of halogens is 1. The van der Waals surface area contributed by atoms with Gasteiger partial charge in [0.05, 0.1) is 17.5 Å². The number of allylic oxidation sites excluding steroid dienone is 2. The van der Waals surface area contributed by atoms with Crippen LogP contribution in [0, 0.1) is 35.5 Å². The first-order valence-electron chi connectivity index (χ1n) is 7.49. The predicted octanol–water partition coefficient (Wildman–Crippen LogP) is 3.01. The van der Waals surface area contributed by atoms with E-state index < -0.39 is 0 Å². The van der Waals surface area contributed by atoms with E-state index >= 15 is 0 Å². The molecule has 1 aromatic carbocycles. The number of benzene rings is 1. The molecular formula is C17H14BrNO2. The van der Waals surface area contributed by atoms with E-state index in [0.29, 0.717) is 17.5 Å². The van der Waals surface area contributed by atoms with Gasteiger partial charge >= 0.3 is 0 Å². The third-order valence-corrected chi connectivity index (χ3v) is 6.43. The first kappa shape index (κ1) is 12.2. The molecule has 1 heterocycles. The Bertz CT molecular complexity index is 676. The van der Waals surface area contributed by atoms with E-state index in [1.807, 2.05) is 24.3 Å². The molecule has 0 unspecified atom stereocenters. The van der Waals surface area contributed by atoms with Gasteiger partial charge in [-0.25, -0.2) is 4.90 Å². The number of carbonyl (C=O) groups is 2. The summed E-state index contributed by atoms with van der Waals surface area (Å²) in [6.45, 7) is 0. The number of carbonyl (C=O) groups excluding carboxylic acids is 2. The number of hydrogen-bond acceptors (Lipinski definition) is 2. The molecule has 5 aliphatic rings. The molecular weight excluding hydrogens is 330 g/mol. The van der Waals surface area contributed by atoms with Crippen LogP contribution in [0.4, 0.5) is 5.69 Å². The average molecular weight is 344 g/mol. The fourth-order valence-electron chi connectivity index (χ4n) is 4.83. The molecule has 3 fully saturated rings. The number of para-hydroxylation sites is 1. The monoisotopic (exact) mass is 343 g/mol. The Morgan fingerprint density at radius 1 is 0.952 bits per heavy atom. The van der Waals surface area contributed by atoms with E-state index in [0.717, 1.165) is 4.47 Å². The summed E-state index contributed by atoms with van der Waals surface area (Å²) in [6.07, 6.45) is 5.61. The second-order valence-electron chi connectivity index (χ2n) is 6.62. The van der Waals surface area contributed by atoms with Crippen molar-refractivity contribution in [2.75, 3.05) is 4.90 Å². The van der Waals surface area contributed by atoms with Crippen molar-refractivity contribution in [3.05, 3.63) is 40.9 Å². The third kappa shape index (κ3) is 1.39. The maximum absolute atomic E-state index is 12.9. The van der Waals surface area contributed by atoms with Gasteiger partial charge < -0.3 is 0 Å². The molecule has 0 radical (unpaired) electrons. The zero-order valence-corrected chi connectivity index (χ0v) is 12.9. The van der Waals surface area contributed by atoms with E-state index in [4.69, 9.17) is 0 Å². The smallest absolute Gasteiger partial charge is 0.238 e. The minimum atomic E-state index is -0.122. The first-order valence-corrected chi connectivity index (χ1v) is 8.28. The fourth-order valence-corrected chi connectivity index (χ4v) is 5.29. The van der Waals surface area contributed by atoms with Crippen LogP contribution in [0.3, 0.4) is 0 Å². The van der Waals surface area contributed by atoms with Gasteiger partial charge in [0.1, 0.15) is 0 Å². The van der Waals surface area contributed by atoms with Crippen LogP contribution in [-0.4, -0.2) is 11.8 Å². The highest BCUT2D eigenvalue weighted by Gasteiger charge is 2.67. The molecule has 0 spiro atoms. The summed E-state index contributed by atoms with van der Waals surface area (Å²) in [4.78, 5) is 27.2. The molecule has 106 valence electrons. The highest BCUT2D eigenvalue weighted by atomic mass is 79.9. The normalized spacial score (nSPS) is 42.2. The molecule has 2 bridgehead atoms. The van der Waals surface area contributed by atoms with Crippen molar-refractivity contribution in [1.82, 2.24) is 0 Å². The predicted molar refractivity (Wildman–Crippen MR) is 81.3 cm³/mol. The molecule has 21 heavy (non-hydrogen) atoms. The van der Waals surface area contributed by atoms with E-state index in [2.05, 4.69) is 28.1 Å². The van der Waals surface area contributed by atoms with Crippen LogP contribution in [0.2, 0.25) is 0 Å². The molecule has 2 amide bonds. The lowest BCUT2D eigenvalue weighted by molar-refractivity contribution is -0.124. The summed E-state index contributed by atoms with van der Waals surface area (Å²) in [5.74, 6) is 1.63. The Kier molecular flexibility index (Phi) is 2.23. The lowest BCUT2D eigenvalue weighted by Gasteiger charge is -2.37. The summed E-state index contributed by atoms with van der Waals surface area (Å²) in [5, 5.41) is 0. The molecule has 3 nitrogen and oxygen atoms in total. The Morgan fingerprint density at radius 2 is 1.52 bits per heavy atom. The summed E-state index contributed by atoms with van der Waals surface area (Å²) in [7, 11) is 0. The van der Waals surface area contributed by atoms with Crippen LogP contribution >= 0.6 is 15.9 Å². The Hall–Kier alpha value is -1.42. The Labute approximate surface area is 131 Å². The topological polar surface area (TPSA) is 37.4 Å². The van der Waals surface area contributed by atoms with Crippen molar-refractivity contribution in [2.45, 2.75) is 6.42 Å². The fraction of sp³-hybridized carbons (Fsp3) is 0.412. The van der Waals surface area contributed by atoms with Gasteiger partial charge in [-0.15, -0.1) is 0 Å². The van der Waals surface area contributed by atoms with Crippen LogP contribution in [0.5, 0.6) is 0 Å². The van der Waals surface area contributed by atoms with Crippen molar-refractivity contribution in [1.29, 1.82) is 0 Å². The van der Waals surface area contributed by atoms with Gasteiger partial charge in [-0.1, -0.05) is 24.3 Å². The number of rotatable bonds is 1. The molecule has 1 aromatic rings. The molecule has 1 saturated heterocycles. The van der Waals surface area contributed by atoms with Crippen LogP contribution in [0.25, 0.3) is 0 Å². The minimum Gasteiger partial charge on any atom is -0.274 e. The highest BCUT2D eigenvalue weighted by molar-refractivity contribution is 9.10. The molecule has 4 heteroatoms. The SMILES string of the molecule is O=C1[C@@H]2[C@H]3C=C[C@H]([C@@H]4C[C@@H]34)[C@@H]2C(=O)N1c1ccccc1Br. The maximum Gasteiger partial charge on any atom is 0.238 e. The third-order valence-electron chi connectivity index (χ3n) is 5.76. The quantitative estimate of drug-likeness (QED) is 0.580. The number of anilines is 1. The summed E-state index contributed by atoms with van der Waals surface area (Å²) < 4.78 is 0.802. The zero-order valence-electron chi connectivity index (χ0n) is 11.3. The largest absolute Gasteiger partial charge is 0.274 e. The minimum absolute atomic E-state index is 0.00148. The number of nitrogens with zero attached hydrogens (tertiary/aromatic N) is 1. The molecule has 4 aliphatic carbocycles. The van der Waals surface area contributed by atoms with Crippen LogP contribution < -0.4 is 4.90 Å². The highest BCUT2D eigenvalue weighted by Crippen LogP contribution is 2.65. The summed E-state index contributed by atoms with van der Waals surface area (Å²) in [6, 6.07) is 7.48. The standard InChI is InChI=1S/C17H14BrNO2/c18-12-3-1-2-4-13(12)19-16(20)14-8-5-6-9(11-7-10(8)11)15(14)17(19)21/h1-6,8-11,14-15H,7H2/t8-,9+,10-,11-,14+,15-/m0/s1.